The second-order valence-electron chi connectivity index (χ2n) is 2.50. The Morgan fingerprint density at radius 2 is 2.08 bits per heavy atom. The van der Waals surface area contributed by atoms with E-state index in [0.29, 0.717) is 0 Å². The van der Waals surface area contributed by atoms with Gasteiger partial charge in [0, 0.05) is 12.7 Å². The van der Waals surface area contributed by atoms with Gasteiger partial charge in [0.25, 0.3) is 0 Å². The van der Waals surface area contributed by atoms with Crippen molar-refractivity contribution in [3.05, 3.63) is 30.1 Å². The first-order valence-electron chi connectivity index (χ1n) is 4.04. The van der Waals surface area contributed by atoms with Crippen LogP contribution in [-0.4, -0.2) is 11.5 Å². The maximum atomic E-state index is 4.19. The highest BCUT2D eigenvalue weighted by Crippen LogP contribution is 1.91. The molecule has 1 aromatic rings. The lowest BCUT2D eigenvalue weighted by Gasteiger charge is -2.00. The molecule has 1 aromatic heterocycles. The normalized spacial score (nSPS) is 8.38. The summed E-state index contributed by atoms with van der Waals surface area (Å²) in [6.45, 7) is 4.11. The molecule has 0 spiro atoms. The van der Waals surface area contributed by atoms with E-state index < -0.39 is 0 Å². The number of hydrogen-bond donors (Lipinski definition) is 1. The number of nitrogens with zero attached hydrogens (tertiary/aromatic N) is 1. The zero-order valence-electron chi connectivity index (χ0n) is 7.69. The summed E-state index contributed by atoms with van der Waals surface area (Å²) < 4.78 is 0. The minimum absolute atomic E-state index is 0. The molecule has 1 rings (SSSR count). The lowest BCUT2D eigenvalue weighted by molar-refractivity contribution is 0.664. The predicted molar refractivity (Wildman–Crippen MR) is 60.7 cm³/mol. The van der Waals surface area contributed by atoms with Gasteiger partial charge in [-0.3, -0.25) is 4.98 Å². The van der Waals surface area contributed by atoms with Gasteiger partial charge in [-0.25, -0.2) is 0 Å². The van der Waals surface area contributed by atoms with Crippen LogP contribution in [0.25, 0.3) is 0 Å². The monoisotopic (exact) mass is 222 g/mol. The van der Waals surface area contributed by atoms with Crippen molar-refractivity contribution >= 4 is 24.8 Å². The van der Waals surface area contributed by atoms with Crippen molar-refractivity contribution in [2.45, 2.75) is 19.9 Å². The number of nitrogens with one attached hydrogen (secondary N) is 1. The zero-order valence-corrected chi connectivity index (χ0v) is 9.33. The van der Waals surface area contributed by atoms with E-state index in [-0.39, 0.29) is 24.8 Å². The quantitative estimate of drug-likeness (QED) is 0.793. The Labute approximate surface area is 92.0 Å². The van der Waals surface area contributed by atoms with Crippen LogP contribution in [0.4, 0.5) is 0 Å². The van der Waals surface area contributed by atoms with Gasteiger partial charge in [-0.15, -0.1) is 24.8 Å². The Kier molecular flexibility index (Phi) is 11.4. The third kappa shape index (κ3) is 6.82. The van der Waals surface area contributed by atoms with Crippen LogP contribution in [0.15, 0.2) is 24.4 Å². The average molecular weight is 223 g/mol. The number of pyridine rings is 1. The second kappa shape index (κ2) is 9.78. The molecule has 0 aromatic carbocycles. The lowest BCUT2D eigenvalue weighted by atomic mass is 10.3. The van der Waals surface area contributed by atoms with E-state index >= 15 is 0 Å². The van der Waals surface area contributed by atoms with Gasteiger partial charge in [0.15, 0.2) is 0 Å². The van der Waals surface area contributed by atoms with Gasteiger partial charge in [0.1, 0.15) is 0 Å². The molecule has 76 valence electrons. The molecular formula is C9H16Cl2N2. The first kappa shape index (κ1) is 15.2. The van der Waals surface area contributed by atoms with Crippen LogP contribution in [0.3, 0.4) is 0 Å². The first-order chi connectivity index (χ1) is 5.43. The van der Waals surface area contributed by atoms with Gasteiger partial charge < -0.3 is 5.32 Å². The summed E-state index contributed by atoms with van der Waals surface area (Å²) >= 11 is 0. The summed E-state index contributed by atoms with van der Waals surface area (Å²) in [4.78, 5) is 4.19. The second-order valence-corrected chi connectivity index (χ2v) is 2.50. The molecule has 0 fully saturated rings. The molecule has 0 saturated carbocycles. The van der Waals surface area contributed by atoms with Crippen LogP contribution < -0.4 is 5.32 Å². The van der Waals surface area contributed by atoms with E-state index in [4.69, 9.17) is 0 Å². The first-order valence-corrected chi connectivity index (χ1v) is 4.04. The highest BCUT2D eigenvalue weighted by atomic mass is 35.5. The molecule has 2 nitrogen and oxygen atoms in total. The van der Waals surface area contributed by atoms with Crippen molar-refractivity contribution < 1.29 is 0 Å². The SMILES string of the molecule is CCCNCc1ccccn1.Cl.Cl. The fourth-order valence-corrected chi connectivity index (χ4v) is 0.896. The Hall–Kier alpha value is -0.310. The lowest BCUT2D eigenvalue weighted by Crippen LogP contribution is -2.14. The van der Waals surface area contributed by atoms with Crippen molar-refractivity contribution in [1.29, 1.82) is 0 Å². The number of halogens is 2. The van der Waals surface area contributed by atoms with Crippen LogP contribution in [0.5, 0.6) is 0 Å². The van der Waals surface area contributed by atoms with Crippen LogP contribution in [-0.2, 0) is 6.54 Å². The van der Waals surface area contributed by atoms with Crippen LogP contribution in [0.2, 0.25) is 0 Å². The van der Waals surface area contributed by atoms with Crippen LogP contribution in [0.1, 0.15) is 19.0 Å². The van der Waals surface area contributed by atoms with E-state index in [1.54, 1.807) is 0 Å². The molecule has 0 aliphatic carbocycles. The Morgan fingerprint density at radius 3 is 2.62 bits per heavy atom. The molecule has 1 N–H and O–H groups in total. The van der Waals surface area contributed by atoms with E-state index in [1.807, 2.05) is 24.4 Å². The van der Waals surface area contributed by atoms with Gasteiger partial charge in [0.2, 0.25) is 0 Å². The maximum absolute atomic E-state index is 4.19. The van der Waals surface area contributed by atoms with Gasteiger partial charge in [-0.05, 0) is 25.1 Å². The standard InChI is InChI=1S/C9H14N2.2ClH/c1-2-6-10-8-9-5-3-4-7-11-9;;/h3-5,7,10H,2,6,8H2,1H3;2*1H. The molecule has 0 atom stereocenters. The van der Waals surface area contributed by atoms with Gasteiger partial charge in [-0.1, -0.05) is 13.0 Å². The summed E-state index contributed by atoms with van der Waals surface area (Å²) in [7, 11) is 0. The number of hydrogen-bond acceptors (Lipinski definition) is 2. The molecule has 1 heterocycles. The summed E-state index contributed by atoms with van der Waals surface area (Å²) in [6, 6.07) is 5.97. The Balaban J connectivity index is 0. The van der Waals surface area contributed by atoms with Crippen molar-refractivity contribution in [2.24, 2.45) is 0 Å². The zero-order chi connectivity index (χ0) is 7.94. The topological polar surface area (TPSA) is 24.9 Å². The fraction of sp³-hybridized carbons (Fsp3) is 0.444. The van der Waals surface area contributed by atoms with Gasteiger partial charge >= 0.3 is 0 Å². The molecule has 0 bridgehead atoms. The van der Waals surface area contributed by atoms with Crippen molar-refractivity contribution in [3.63, 3.8) is 0 Å². The summed E-state index contributed by atoms with van der Waals surface area (Å²) in [6.07, 6.45) is 3.00. The molecule has 0 radical (unpaired) electrons. The smallest absolute Gasteiger partial charge is 0.0541 e. The molecule has 0 aliphatic heterocycles. The molecule has 0 amide bonds. The average Bonchev–Trinajstić information content (AvgIpc) is 2.07. The molecule has 0 saturated heterocycles. The third-order valence-corrected chi connectivity index (χ3v) is 1.46. The Morgan fingerprint density at radius 1 is 1.31 bits per heavy atom. The molecule has 0 unspecified atom stereocenters. The van der Waals surface area contributed by atoms with E-state index in [9.17, 15) is 0 Å². The predicted octanol–water partition coefficient (Wildman–Crippen LogP) is 2.42. The maximum Gasteiger partial charge on any atom is 0.0541 e. The summed E-state index contributed by atoms with van der Waals surface area (Å²) in [5, 5.41) is 3.29. The minimum Gasteiger partial charge on any atom is -0.311 e. The Bertz CT molecular complexity index is 192. The highest BCUT2D eigenvalue weighted by molar-refractivity contribution is 5.85. The third-order valence-electron chi connectivity index (χ3n) is 1.46. The molecule has 13 heavy (non-hydrogen) atoms. The molecule has 0 aliphatic rings. The van der Waals surface area contributed by atoms with E-state index in [1.165, 1.54) is 6.42 Å². The minimum atomic E-state index is 0. The number of aromatic nitrogens is 1. The van der Waals surface area contributed by atoms with Crippen LogP contribution in [0, 0.1) is 0 Å². The van der Waals surface area contributed by atoms with E-state index in [2.05, 4.69) is 17.2 Å². The van der Waals surface area contributed by atoms with Gasteiger partial charge in [-0.2, -0.15) is 0 Å². The summed E-state index contributed by atoms with van der Waals surface area (Å²) in [5.41, 5.74) is 1.11. The van der Waals surface area contributed by atoms with E-state index in [0.717, 1.165) is 18.8 Å². The fourth-order valence-electron chi connectivity index (χ4n) is 0.896. The van der Waals surface area contributed by atoms with Crippen molar-refractivity contribution in [2.75, 3.05) is 6.54 Å². The molecular weight excluding hydrogens is 207 g/mol. The highest BCUT2D eigenvalue weighted by Gasteiger charge is 1.88. The van der Waals surface area contributed by atoms with Crippen LogP contribution >= 0.6 is 24.8 Å². The molecule has 4 heteroatoms. The van der Waals surface area contributed by atoms with Crippen molar-refractivity contribution in [3.8, 4) is 0 Å². The largest absolute Gasteiger partial charge is 0.311 e. The summed E-state index contributed by atoms with van der Waals surface area (Å²) in [5.74, 6) is 0. The van der Waals surface area contributed by atoms with Crippen molar-refractivity contribution in [1.82, 2.24) is 10.3 Å². The van der Waals surface area contributed by atoms with Gasteiger partial charge in [0.05, 0.1) is 5.69 Å². The number of rotatable bonds is 4.